The SMILES string of the molecule is Cl.O=C(N[C@@H](Cc1ccc(Cl)cc1)CN1CCC(c2ccccc2CN2CCCC2=O)CC1)[C@@H]1Cc2ccccc2CN1. The van der Waals surface area contributed by atoms with Crippen LogP contribution in [0.1, 0.15) is 59.4 Å². The van der Waals surface area contributed by atoms with Crippen LogP contribution in [0.3, 0.4) is 0 Å². The lowest BCUT2D eigenvalue weighted by molar-refractivity contribution is -0.128. The summed E-state index contributed by atoms with van der Waals surface area (Å²) >= 11 is 6.16. The summed E-state index contributed by atoms with van der Waals surface area (Å²) in [6.07, 6.45) is 5.28. The largest absolute Gasteiger partial charge is 0.350 e. The Morgan fingerprint density at radius 1 is 0.953 bits per heavy atom. The number of fused-ring (bicyclic) bond motifs is 1. The van der Waals surface area contributed by atoms with Crippen molar-refractivity contribution in [2.45, 2.75) is 69.6 Å². The molecule has 0 saturated carbocycles. The number of carbonyl (C=O) groups is 2. The molecule has 8 heteroatoms. The first-order valence-electron chi connectivity index (χ1n) is 15.4. The average molecular weight is 622 g/mol. The van der Waals surface area contributed by atoms with Gasteiger partial charge in [-0.05, 0) is 91.1 Å². The van der Waals surface area contributed by atoms with Crippen molar-refractivity contribution in [2.24, 2.45) is 0 Å². The molecule has 2 saturated heterocycles. The molecule has 0 aliphatic carbocycles. The van der Waals surface area contributed by atoms with Crippen molar-refractivity contribution in [3.05, 3.63) is 106 Å². The summed E-state index contributed by atoms with van der Waals surface area (Å²) in [5.74, 6) is 0.843. The van der Waals surface area contributed by atoms with Crippen molar-refractivity contribution in [1.82, 2.24) is 20.4 Å². The molecule has 0 unspecified atom stereocenters. The van der Waals surface area contributed by atoms with E-state index in [2.05, 4.69) is 76.2 Å². The maximum absolute atomic E-state index is 13.5. The number of benzene rings is 3. The van der Waals surface area contributed by atoms with Crippen molar-refractivity contribution in [3.8, 4) is 0 Å². The molecule has 2 fully saturated rings. The number of nitrogens with zero attached hydrogens (tertiary/aromatic N) is 2. The number of hydrogen-bond donors (Lipinski definition) is 2. The molecular formula is C35H42Cl2N4O2. The van der Waals surface area contributed by atoms with Crippen LogP contribution in [-0.4, -0.2) is 59.9 Å². The number of amides is 2. The second-order valence-electron chi connectivity index (χ2n) is 12.1. The summed E-state index contributed by atoms with van der Waals surface area (Å²) in [7, 11) is 0. The van der Waals surface area contributed by atoms with Crippen molar-refractivity contribution < 1.29 is 9.59 Å². The van der Waals surface area contributed by atoms with Crippen LogP contribution in [0.25, 0.3) is 0 Å². The van der Waals surface area contributed by atoms with Crippen molar-refractivity contribution in [2.75, 3.05) is 26.2 Å². The molecule has 2 N–H and O–H groups in total. The lowest BCUT2D eigenvalue weighted by Crippen LogP contribution is -2.54. The van der Waals surface area contributed by atoms with Gasteiger partial charge >= 0.3 is 0 Å². The van der Waals surface area contributed by atoms with E-state index in [1.807, 2.05) is 17.0 Å². The number of carbonyl (C=O) groups excluding carboxylic acids is 2. The van der Waals surface area contributed by atoms with Gasteiger partial charge in [-0.1, -0.05) is 72.3 Å². The van der Waals surface area contributed by atoms with E-state index >= 15 is 0 Å². The first-order chi connectivity index (χ1) is 20.5. The Morgan fingerprint density at radius 3 is 2.42 bits per heavy atom. The lowest BCUT2D eigenvalue weighted by atomic mass is 9.86. The highest BCUT2D eigenvalue weighted by Crippen LogP contribution is 2.32. The number of rotatable bonds is 9. The van der Waals surface area contributed by atoms with E-state index in [-0.39, 0.29) is 36.3 Å². The lowest BCUT2D eigenvalue weighted by Gasteiger charge is -2.36. The standard InChI is InChI=1S/C35H41ClN4O2.ClH/c36-30-13-11-25(12-14-30)20-31(38-35(42)33-21-27-6-1-2-7-28(27)22-37-33)24-39-18-15-26(16-19-39)32-9-4-3-8-29(32)23-40-17-5-10-34(40)41;/h1-4,6-9,11-14,26,31,33,37H,5,10,15-24H2,(H,38,42);1H/t31-,33-;/m0./s1. The third-order valence-corrected chi connectivity index (χ3v) is 9.49. The molecule has 0 spiro atoms. The maximum atomic E-state index is 13.5. The second-order valence-corrected chi connectivity index (χ2v) is 12.6. The molecule has 43 heavy (non-hydrogen) atoms. The third-order valence-electron chi connectivity index (χ3n) is 9.23. The molecule has 0 bridgehead atoms. The zero-order valence-corrected chi connectivity index (χ0v) is 26.2. The van der Waals surface area contributed by atoms with E-state index in [0.29, 0.717) is 18.8 Å². The highest BCUT2D eigenvalue weighted by atomic mass is 35.5. The second kappa shape index (κ2) is 14.7. The minimum atomic E-state index is -0.225. The van der Waals surface area contributed by atoms with Crippen molar-refractivity contribution >= 4 is 35.8 Å². The summed E-state index contributed by atoms with van der Waals surface area (Å²) < 4.78 is 0. The fourth-order valence-corrected chi connectivity index (χ4v) is 7.03. The molecule has 3 heterocycles. The van der Waals surface area contributed by atoms with E-state index in [0.717, 1.165) is 70.0 Å². The predicted molar refractivity (Wildman–Crippen MR) is 175 cm³/mol. The minimum Gasteiger partial charge on any atom is -0.350 e. The fraction of sp³-hybridized carbons (Fsp3) is 0.429. The van der Waals surface area contributed by atoms with Crippen LogP contribution >= 0.6 is 24.0 Å². The number of halogens is 2. The van der Waals surface area contributed by atoms with Gasteiger partial charge in [0.05, 0.1) is 6.04 Å². The van der Waals surface area contributed by atoms with Gasteiger partial charge in [0.25, 0.3) is 0 Å². The van der Waals surface area contributed by atoms with Gasteiger partial charge < -0.3 is 20.4 Å². The van der Waals surface area contributed by atoms with Crippen LogP contribution in [-0.2, 0) is 35.5 Å². The third kappa shape index (κ3) is 7.98. The van der Waals surface area contributed by atoms with Crippen LogP contribution in [0.15, 0.2) is 72.8 Å². The summed E-state index contributed by atoms with van der Waals surface area (Å²) in [4.78, 5) is 30.3. The Balaban J connectivity index is 0.00000368. The molecule has 6 nitrogen and oxygen atoms in total. The van der Waals surface area contributed by atoms with Crippen molar-refractivity contribution in [3.63, 3.8) is 0 Å². The van der Waals surface area contributed by atoms with E-state index in [1.54, 1.807) is 0 Å². The van der Waals surface area contributed by atoms with Crippen LogP contribution < -0.4 is 10.6 Å². The number of likely N-dealkylation sites (tertiary alicyclic amines) is 2. The molecule has 228 valence electrons. The van der Waals surface area contributed by atoms with Crippen LogP contribution in [0, 0.1) is 0 Å². The predicted octanol–water partition coefficient (Wildman–Crippen LogP) is 5.51. The molecule has 3 aliphatic rings. The Hall–Kier alpha value is -2.90. The Labute approximate surface area is 266 Å². The molecule has 0 aromatic heterocycles. The zero-order valence-electron chi connectivity index (χ0n) is 24.6. The number of nitrogens with one attached hydrogen (secondary N) is 2. The highest BCUT2D eigenvalue weighted by molar-refractivity contribution is 6.30. The topological polar surface area (TPSA) is 64.7 Å². The first kappa shape index (κ1) is 31.5. The van der Waals surface area contributed by atoms with Gasteiger partial charge in [-0.15, -0.1) is 12.4 Å². The van der Waals surface area contributed by atoms with Crippen LogP contribution in [0.4, 0.5) is 0 Å². The molecule has 6 rings (SSSR count). The Morgan fingerprint density at radius 2 is 1.67 bits per heavy atom. The molecule has 3 aliphatic heterocycles. The van der Waals surface area contributed by atoms with E-state index in [4.69, 9.17) is 11.6 Å². The minimum absolute atomic E-state index is 0. The van der Waals surface area contributed by atoms with Gasteiger partial charge in [0.15, 0.2) is 0 Å². The van der Waals surface area contributed by atoms with Crippen LogP contribution in [0.5, 0.6) is 0 Å². The summed E-state index contributed by atoms with van der Waals surface area (Å²) in [5, 5.41) is 7.58. The average Bonchev–Trinajstić information content (AvgIpc) is 3.42. The Bertz CT molecular complexity index is 1390. The summed E-state index contributed by atoms with van der Waals surface area (Å²) in [6.45, 7) is 5.11. The molecule has 3 aromatic carbocycles. The molecule has 3 aromatic rings. The van der Waals surface area contributed by atoms with E-state index < -0.39 is 0 Å². The number of piperidine rings is 1. The van der Waals surface area contributed by atoms with Gasteiger partial charge in [-0.3, -0.25) is 9.59 Å². The quantitative estimate of drug-likeness (QED) is 0.331. The number of hydrogen-bond acceptors (Lipinski definition) is 4. The molecule has 0 radical (unpaired) electrons. The normalized spacial score (nSPS) is 19.9. The van der Waals surface area contributed by atoms with Gasteiger partial charge in [0, 0.05) is 43.7 Å². The fourth-order valence-electron chi connectivity index (χ4n) is 6.90. The molecular weight excluding hydrogens is 579 g/mol. The highest BCUT2D eigenvalue weighted by Gasteiger charge is 2.29. The van der Waals surface area contributed by atoms with E-state index in [1.165, 1.54) is 27.8 Å². The summed E-state index contributed by atoms with van der Waals surface area (Å²) in [5.41, 5.74) is 6.39. The monoisotopic (exact) mass is 620 g/mol. The Kier molecular flexibility index (Phi) is 10.8. The maximum Gasteiger partial charge on any atom is 0.237 e. The zero-order chi connectivity index (χ0) is 28.9. The first-order valence-corrected chi connectivity index (χ1v) is 15.8. The van der Waals surface area contributed by atoms with Gasteiger partial charge in [-0.2, -0.15) is 0 Å². The van der Waals surface area contributed by atoms with Crippen LogP contribution in [0.2, 0.25) is 5.02 Å². The van der Waals surface area contributed by atoms with Gasteiger partial charge in [-0.25, -0.2) is 0 Å². The molecule has 2 amide bonds. The smallest absolute Gasteiger partial charge is 0.237 e. The van der Waals surface area contributed by atoms with Gasteiger partial charge in [0.1, 0.15) is 0 Å². The summed E-state index contributed by atoms with van der Waals surface area (Å²) in [6, 6.07) is 24.8. The van der Waals surface area contributed by atoms with Gasteiger partial charge in [0.2, 0.25) is 11.8 Å². The molecule has 2 atom stereocenters. The van der Waals surface area contributed by atoms with E-state index in [9.17, 15) is 9.59 Å². The van der Waals surface area contributed by atoms with Crippen molar-refractivity contribution in [1.29, 1.82) is 0 Å².